The summed E-state index contributed by atoms with van der Waals surface area (Å²) < 4.78 is 0. The van der Waals surface area contributed by atoms with E-state index in [9.17, 15) is 14.4 Å². The number of nitrogens with one attached hydrogen (secondary N) is 2. The topological polar surface area (TPSA) is 95.5 Å². The highest BCUT2D eigenvalue weighted by Crippen LogP contribution is 2.36. The number of carbonyl (C=O) groups excluding carboxylic acids is 2. The Bertz CT molecular complexity index is 393. The second-order valence-corrected chi connectivity index (χ2v) is 6.36. The number of carboxylic acid groups (broad SMARTS) is 1. The summed E-state index contributed by atoms with van der Waals surface area (Å²) in [5.74, 6) is -1.67. The molecule has 1 aliphatic carbocycles. The van der Waals surface area contributed by atoms with E-state index in [1.807, 2.05) is 0 Å². The molecule has 6 heteroatoms. The average molecular weight is 284 g/mol. The fourth-order valence-corrected chi connectivity index (χ4v) is 2.65. The van der Waals surface area contributed by atoms with Crippen LogP contribution in [0.3, 0.4) is 0 Å². The van der Waals surface area contributed by atoms with Gasteiger partial charge in [-0.2, -0.15) is 0 Å². The number of hydrogen-bond acceptors (Lipinski definition) is 3. The van der Waals surface area contributed by atoms with Gasteiger partial charge in [0.15, 0.2) is 0 Å². The molecule has 0 aromatic carbocycles. The van der Waals surface area contributed by atoms with Gasteiger partial charge in [0.05, 0.1) is 0 Å². The molecule has 1 aliphatic rings. The summed E-state index contributed by atoms with van der Waals surface area (Å²) in [4.78, 5) is 33.9. The third-order valence-corrected chi connectivity index (χ3v) is 3.87. The predicted molar refractivity (Wildman–Crippen MR) is 74.1 cm³/mol. The van der Waals surface area contributed by atoms with Crippen molar-refractivity contribution >= 4 is 17.9 Å². The van der Waals surface area contributed by atoms with Crippen molar-refractivity contribution in [2.24, 2.45) is 11.3 Å². The first-order chi connectivity index (χ1) is 9.20. The van der Waals surface area contributed by atoms with Crippen LogP contribution in [0.1, 0.15) is 52.9 Å². The zero-order valence-corrected chi connectivity index (χ0v) is 12.4. The third-order valence-electron chi connectivity index (χ3n) is 3.87. The zero-order chi connectivity index (χ0) is 15.3. The molecule has 0 heterocycles. The lowest BCUT2D eigenvalue weighted by Gasteiger charge is -2.27. The molecule has 2 unspecified atom stereocenters. The highest BCUT2D eigenvalue weighted by atomic mass is 16.4. The lowest BCUT2D eigenvalue weighted by Crippen LogP contribution is -2.48. The molecule has 1 fully saturated rings. The Morgan fingerprint density at radius 2 is 1.95 bits per heavy atom. The molecule has 1 rings (SSSR count). The quantitative estimate of drug-likeness (QED) is 0.718. The van der Waals surface area contributed by atoms with E-state index in [2.05, 4.69) is 24.5 Å². The van der Waals surface area contributed by atoms with Crippen molar-refractivity contribution < 1.29 is 19.5 Å². The average Bonchev–Trinajstić information content (AvgIpc) is 2.55. The first-order valence-corrected chi connectivity index (χ1v) is 7.03. The molecule has 0 aromatic rings. The van der Waals surface area contributed by atoms with E-state index in [0.717, 1.165) is 19.3 Å². The Labute approximate surface area is 119 Å². The molecule has 0 bridgehead atoms. The van der Waals surface area contributed by atoms with Gasteiger partial charge >= 0.3 is 12.0 Å². The van der Waals surface area contributed by atoms with Crippen LogP contribution < -0.4 is 10.6 Å². The lowest BCUT2D eigenvalue weighted by atomic mass is 9.87. The molecule has 114 valence electrons. The Balaban J connectivity index is 2.35. The number of hydrogen-bond donors (Lipinski definition) is 3. The molecule has 0 aromatic heterocycles. The van der Waals surface area contributed by atoms with Crippen LogP contribution in [0, 0.1) is 11.3 Å². The first-order valence-electron chi connectivity index (χ1n) is 7.03. The minimum absolute atomic E-state index is 0.0355. The number of rotatable bonds is 5. The van der Waals surface area contributed by atoms with E-state index in [1.54, 1.807) is 6.92 Å². The van der Waals surface area contributed by atoms with Gasteiger partial charge in [0.2, 0.25) is 5.91 Å². The Kier molecular flexibility index (Phi) is 5.53. The monoisotopic (exact) mass is 284 g/mol. The SMILES string of the molecule is CC(CC(=O)O)CC(=O)NC(=O)NC1CCCC1(C)C. The molecular weight excluding hydrogens is 260 g/mol. The molecule has 3 amide bonds. The molecule has 0 spiro atoms. The van der Waals surface area contributed by atoms with E-state index in [-0.39, 0.29) is 30.2 Å². The Morgan fingerprint density at radius 1 is 1.30 bits per heavy atom. The molecule has 6 nitrogen and oxygen atoms in total. The van der Waals surface area contributed by atoms with E-state index in [4.69, 9.17) is 5.11 Å². The molecule has 0 radical (unpaired) electrons. The summed E-state index contributed by atoms with van der Waals surface area (Å²) >= 11 is 0. The van der Waals surface area contributed by atoms with Crippen molar-refractivity contribution in [3.05, 3.63) is 0 Å². The van der Waals surface area contributed by atoms with Crippen molar-refractivity contribution in [2.75, 3.05) is 0 Å². The summed E-state index contributed by atoms with van der Waals surface area (Å²) in [6.45, 7) is 5.87. The van der Waals surface area contributed by atoms with Crippen LogP contribution in [-0.2, 0) is 9.59 Å². The van der Waals surface area contributed by atoms with Gasteiger partial charge in [-0.3, -0.25) is 14.9 Å². The van der Waals surface area contributed by atoms with Gasteiger partial charge in [-0.25, -0.2) is 4.79 Å². The fraction of sp³-hybridized carbons (Fsp3) is 0.786. The Morgan fingerprint density at radius 3 is 2.45 bits per heavy atom. The van der Waals surface area contributed by atoms with Gasteiger partial charge in [0, 0.05) is 18.9 Å². The zero-order valence-electron chi connectivity index (χ0n) is 12.4. The first kappa shape index (κ1) is 16.5. The number of carboxylic acids is 1. The summed E-state index contributed by atoms with van der Waals surface area (Å²) in [6, 6.07) is -0.413. The maximum atomic E-state index is 11.7. The number of carbonyl (C=O) groups is 3. The summed E-state index contributed by atoms with van der Waals surface area (Å²) in [6.07, 6.45) is 3.01. The van der Waals surface area contributed by atoms with E-state index in [1.165, 1.54) is 0 Å². The molecule has 20 heavy (non-hydrogen) atoms. The van der Waals surface area contributed by atoms with Gasteiger partial charge < -0.3 is 10.4 Å². The molecule has 0 saturated heterocycles. The fourth-order valence-electron chi connectivity index (χ4n) is 2.65. The summed E-state index contributed by atoms with van der Waals surface area (Å²) in [5, 5.41) is 13.7. The van der Waals surface area contributed by atoms with E-state index < -0.39 is 17.9 Å². The number of amides is 3. The van der Waals surface area contributed by atoms with Gasteiger partial charge in [0.25, 0.3) is 0 Å². The Hall–Kier alpha value is -1.59. The maximum Gasteiger partial charge on any atom is 0.321 e. The normalized spacial score (nSPS) is 22.1. The molecule has 3 N–H and O–H groups in total. The minimum Gasteiger partial charge on any atom is -0.481 e. The second kappa shape index (κ2) is 6.72. The van der Waals surface area contributed by atoms with Crippen molar-refractivity contribution in [3.8, 4) is 0 Å². The minimum atomic E-state index is -0.942. The van der Waals surface area contributed by atoms with Crippen LogP contribution in [0.2, 0.25) is 0 Å². The maximum absolute atomic E-state index is 11.7. The smallest absolute Gasteiger partial charge is 0.321 e. The van der Waals surface area contributed by atoms with Crippen LogP contribution in [0.4, 0.5) is 4.79 Å². The van der Waals surface area contributed by atoms with Crippen molar-refractivity contribution in [1.82, 2.24) is 10.6 Å². The molecular formula is C14H24N2O4. The van der Waals surface area contributed by atoms with Crippen molar-refractivity contribution in [2.45, 2.75) is 58.9 Å². The van der Waals surface area contributed by atoms with Gasteiger partial charge in [-0.05, 0) is 24.2 Å². The van der Waals surface area contributed by atoms with Gasteiger partial charge in [-0.1, -0.05) is 27.2 Å². The standard InChI is InChI=1S/C14H24N2O4/c1-9(8-12(18)19)7-11(17)16-13(20)15-10-5-4-6-14(10,2)3/h9-10H,4-8H2,1-3H3,(H,18,19)(H2,15,16,17,20). The molecule has 2 atom stereocenters. The predicted octanol–water partition coefficient (Wildman–Crippen LogP) is 1.89. The van der Waals surface area contributed by atoms with Crippen molar-refractivity contribution in [3.63, 3.8) is 0 Å². The largest absolute Gasteiger partial charge is 0.481 e. The van der Waals surface area contributed by atoms with E-state index in [0.29, 0.717) is 0 Å². The highest BCUT2D eigenvalue weighted by molar-refractivity contribution is 5.94. The van der Waals surface area contributed by atoms with Crippen LogP contribution in [0.15, 0.2) is 0 Å². The van der Waals surface area contributed by atoms with Crippen LogP contribution in [0.25, 0.3) is 0 Å². The molecule has 0 aliphatic heterocycles. The van der Waals surface area contributed by atoms with Crippen molar-refractivity contribution in [1.29, 1.82) is 0 Å². The summed E-state index contributed by atoms with van der Waals surface area (Å²) in [5.41, 5.74) is 0.0526. The van der Waals surface area contributed by atoms with Crippen LogP contribution in [-0.4, -0.2) is 29.1 Å². The number of aliphatic carboxylic acids is 1. The highest BCUT2D eigenvalue weighted by Gasteiger charge is 2.35. The van der Waals surface area contributed by atoms with Crippen LogP contribution in [0.5, 0.6) is 0 Å². The summed E-state index contributed by atoms with van der Waals surface area (Å²) in [7, 11) is 0. The second-order valence-electron chi connectivity index (χ2n) is 6.36. The van der Waals surface area contributed by atoms with Gasteiger partial charge in [0.1, 0.15) is 0 Å². The number of imide groups is 1. The number of urea groups is 1. The third kappa shape index (κ3) is 5.19. The van der Waals surface area contributed by atoms with Gasteiger partial charge in [-0.15, -0.1) is 0 Å². The lowest BCUT2D eigenvalue weighted by molar-refractivity contribution is -0.138. The van der Waals surface area contributed by atoms with E-state index >= 15 is 0 Å². The molecule has 1 saturated carbocycles. The van der Waals surface area contributed by atoms with Crippen LogP contribution >= 0.6 is 0 Å².